The van der Waals surface area contributed by atoms with Crippen molar-refractivity contribution in [1.29, 1.82) is 0 Å². The zero-order chi connectivity index (χ0) is 12.3. The van der Waals surface area contributed by atoms with Crippen molar-refractivity contribution in [3.05, 3.63) is 41.7 Å². The van der Waals surface area contributed by atoms with Gasteiger partial charge in [-0.1, -0.05) is 0 Å². The van der Waals surface area contributed by atoms with E-state index in [0.29, 0.717) is 0 Å². The Labute approximate surface area is 101 Å². The standard InChI is InChI=1S/C13H17N3O/c1-10-11(8-14-2)9-15-16(10)12-4-6-13(17-3)7-5-12/h4-7,9,14H,8H2,1-3H3. The van der Waals surface area contributed by atoms with Crippen molar-refractivity contribution in [1.82, 2.24) is 15.1 Å². The Morgan fingerprint density at radius 1 is 1.29 bits per heavy atom. The first-order chi connectivity index (χ1) is 8.26. The summed E-state index contributed by atoms with van der Waals surface area (Å²) < 4.78 is 7.08. The van der Waals surface area contributed by atoms with E-state index in [0.717, 1.165) is 23.7 Å². The second-order valence-corrected chi connectivity index (χ2v) is 3.90. The van der Waals surface area contributed by atoms with Crippen LogP contribution < -0.4 is 10.1 Å². The molecule has 4 nitrogen and oxygen atoms in total. The molecule has 0 aliphatic carbocycles. The molecular weight excluding hydrogens is 214 g/mol. The number of aromatic nitrogens is 2. The van der Waals surface area contributed by atoms with Gasteiger partial charge in [-0.2, -0.15) is 5.10 Å². The van der Waals surface area contributed by atoms with Gasteiger partial charge in [0.1, 0.15) is 5.75 Å². The van der Waals surface area contributed by atoms with E-state index in [1.807, 2.05) is 42.2 Å². The lowest BCUT2D eigenvalue weighted by atomic mass is 10.2. The van der Waals surface area contributed by atoms with Crippen LogP contribution in [0.15, 0.2) is 30.5 Å². The van der Waals surface area contributed by atoms with Gasteiger partial charge in [0.05, 0.1) is 19.0 Å². The highest BCUT2D eigenvalue weighted by Gasteiger charge is 2.07. The summed E-state index contributed by atoms with van der Waals surface area (Å²) >= 11 is 0. The quantitative estimate of drug-likeness (QED) is 0.873. The first-order valence-corrected chi connectivity index (χ1v) is 5.58. The molecule has 4 heteroatoms. The molecule has 1 heterocycles. The maximum Gasteiger partial charge on any atom is 0.119 e. The summed E-state index contributed by atoms with van der Waals surface area (Å²) in [6, 6.07) is 7.88. The summed E-state index contributed by atoms with van der Waals surface area (Å²) in [6.07, 6.45) is 1.90. The van der Waals surface area contributed by atoms with Crippen molar-refractivity contribution >= 4 is 0 Å². The Balaban J connectivity index is 2.32. The fourth-order valence-corrected chi connectivity index (χ4v) is 1.79. The minimum absolute atomic E-state index is 0.835. The van der Waals surface area contributed by atoms with Crippen molar-refractivity contribution < 1.29 is 4.74 Å². The van der Waals surface area contributed by atoms with Crippen molar-refractivity contribution in [3.8, 4) is 11.4 Å². The third kappa shape index (κ3) is 2.31. The zero-order valence-corrected chi connectivity index (χ0v) is 10.4. The van der Waals surface area contributed by atoms with Crippen LogP contribution >= 0.6 is 0 Å². The minimum atomic E-state index is 0.835. The van der Waals surface area contributed by atoms with Crippen molar-refractivity contribution in [3.63, 3.8) is 0 Å². The highest BCUT2D eigenvalue weighted by atomic mass is 16.5. The normalized spacial score (nSPS) is 10.5. The average molecular weight is 231 g/mol. The first kappa shape index (κ1) is 11.7. The fourth-order valence-electron chi connectivity index (χ4n) is 1.79. The number of nitrogens with zero attached hydrogens (tertiary/aromatic N) is 2. The van der Waals surface area contributed by atoms with Crippen molar-refractivity contribution in [2.24, 2.45) is 0 Å². The maximum absolute atomic E-state index is 5.14. The highest BCUT2D eigenvalue weighted by Crippen LogP contribution is 2.17. The molecule has 0 unspecified atom stereocenters. The van der Waals surface area contributed by atoms with Crippen LogP contribution in [0.5, 0.6) is 5.75 Å². The molecule has 0 aliphatic rings. The van der Waals surface area contributed by atoms with Gasteiger partial charge >= 0.3 is 0 Å². The van der Waals surface area contributed by atoms with Crippen LogP contribution in [0.3, 0.4) is 0 Å². The largest absolute Gasteiger partial charge is 0.497 e. The van der Waals surface area contributed by atoms with Gasteiger partial charge in [-0.25, -0.2) is 4.68 Å². The van der Waals surface area contributed by atoms with Gasteiger partial charge in [0, 0.05) is 17.8 Å². The lowest BCUT2D eigenvalue weighted by molar-refractivity contribution is 0.414. The van der Waals surface area contributed by atoms with E-state index in [2.05, 4.69) is 17.3 Å². The van der Waals surface area contributed by atoms with Gasteiger partial charge in [0.2, 0.25) is 0 Å². The van der Waals surface area contributed by atoms with Gasteiger partial charge in [0.25, 0.3) is 0 Å². The Hall–Kier alpha value is -1.81. The highest BCUT2D eigenvalue weighted by molar-refractivity contribution is 5.39. The van der Waals surface area contributed by atoms with Gasteiger partial charge < -0.3 is 10.1 Å². The minimum Gasteiger partial charge on any atom is -0.497 e. The molecule has 1 N–H and O–H groups in total. The predicted octanol–water partition coefficient (Wildman–Crippen LogP) is 1.91. The van der Waals surface area contributed by atoms with Crippen molar-refractivity contribution in [2.45, 2.75) is 13.5 Å². The van der Waals surface area contributed by atoms with Gasteiger partial charge in [-0.05, 0) is 38.2 Å². The van der Waals surface area contributed by atoms with Crippen LogP contribution in [-0.2, 0) is 6.54 Å². The van der Waals surface area contributed by atoms with E-state index in [1.165, 1.54) is 5.56 Å². The number of rotatable bonds is 4. The monoisotopic (exact) mass is 231 g/mol. The second-order valence-electron chi connectivity index (χ2n) is 3.90. The molecule has 0 radical (unpaired) electrons. The lowest BCUT2D eigenvalue weighted by Gasteiger charge is -2.06. The molecule has 0 aliphatic heterocycles. The van der Waals surface area contributed by atoms with E-state index in [9.17, 15) is 0 Å². The van der Waals surface area contributed by atoms with E-state index >= 15 is 0 Å². The summed E-state index contributed by atoms with van der Waals surface area (Å²) in [5.41, 5.74) is 3.42. The van der Waals surface area contributed by atoms with Crippen molar-refractivity contribution in [2.75, 3.05) is 14.2 Å². The third-order valence-electron chi connectivity index (χ3n) is 2.80. The molecule has 0 saturated carbocycles. The van der Waals surface area contributed by atoms with Gasteiger partial charge in [-0.3, -0.25) is 0 Å². The molecular formula is C13H17N3O. The van der Waals surface area contributed by atoms with Gasteiger partial charge in [0.15, 0.2) is 0 Å². The topological polar surface area (TPSA) is 39.1 Å². The van der Waals surface area contributed by atoms with Crippen LogP contribution in [0.2, 0.25) is 0 Å². The number of ether oxygens (including phenoxy) is 1. The predicted molar refractivity (Wildman–Crippen MR) is 67.6 cm³/mol. The summed E-state index contributed by atoms with van der Waals surface area (Å²) in [5, 5.41) is 7.53. The summed E-state index contributed by atoms with van der Waals surface area (Å²) in [5.74, 6) is 0.856. The molecule has 90 valence electrons. The number of hydrogen-bond donors (Lipinski definition) is 1. The SMILES string of the molecule is CNCc1cnn(-c2ccc(OC)cc2)c1C. The molecule has 0 fully saturated rings. The third-order valence-corrected chi connectivity index (χ3v) is 2.80. The van der Waals surface area contributed by atoms with Crippen LogP contribution in [0.4, 0.5) is 0 Å². The number of hydrogen-bond acceptors (Lipinski definition) is 3. The van der Waals surface area contributed by atoms with E-state index in [-0.39, 0.29) is 0 Å². The Kier molecular flexibility index (Phi) is 3.44. The molecule has 17 heavy (non-hydrogen) atoms. The van der Waals surface area contributed by atoms with E-state index in [4.69, 9.17) is 4.74 Å². The number of methoxy groups -OCH3 is 1. The molecule has 0 amide bonds. The van der Waals surface area contributed by atoms with E-state index < -0.39 is 0 Å². The summed E-state index contributed by atoms with van der Waals surface area (Å²) in [6.45, 7) is 2.91. The second kappa shape index (κ2) is 5.01. The summed E-state index contributed by atoms with van der Waals surface area (Å²) in [7, 11) is 3.60. The molecule has 0 atom stereocenters. The first-order valence-electron chi connectivity index (χ1n) is 5.58. The van der Waals surface area contributed by atoms with Crippen LogP contribution in [0.1, 0.15) is 11.3 Å². The van der Waals surface area contributed by atoms with E-state index in [1.54, 1.807) is 7.11 Å². The van der Waals surface area contributed by atoms with Crippen LogP contribution in [0.25, 0.3) is 5.69 Å². The maximum atomic E-state index is 5.14. The molecule has 1 aromatic heterocycles. The zero-order valence-electron chi connectivity index (χ0n) is 10.4. The Morgan fingerprint density at radius 2 is 2.00 bits per heavy atom. The summed E-state index contributed by atoms with van der Waals surface area (Å²) in [4.78, 5) is 0. The number of benzene rings is 1. The average Bonchev–Trinajstić information content (AvgIpc) is 2.72. The smallest absolute Gasteiger partial charge is 0.119 e. The Bertz CT molecular complexity index is 488. The van der Waals surface area contributed by atoms with Crippen LogP contribution in [0, 0.1) is 6.92 Å². The Morgan fingerprint density at radius 3 is 2.59 bits per heavy atom. The molecule has 0 spiro atoms. The van der Waals surface area contributed by atoms with Gasteiger partial charge in [-0.15, -0.1) is 0 Å². The van der Waals surface area contributed by atoms with Crippen LogP contribution in [-0.4, -0.2) is 23.9 Å². The molecule has 0 bridgehead atoms. The molecule has 0 saturated heterocycles. The molecule has 2 rings (SSSR count). The number of nitrogens with one attached hydrogen (secondary N) is 1. The molecule has 2 aromatic rings. The molecule has 1 aromatic carbocycles. The lowest BCUT2D eigenvalue weighted by Crippen LogP contribution is -2.06. The fraction of sp³-hybridized carbons (Fsp3) is 0.308.